The van der Waals surface area contributed by atoms with Gasteiger partial charge in [-0.2, -0.15) is 10.1 Å². The number of benzene rings is 1. The Hall–Kier alpha value is -2.59. The Morgan fingerprint density at radius 2 is 2.00 bits per heavy atom. The molecule has 3 aromatic heterocycles. The highest BCUT2D eigenvalue weighted by Crippen LogP contribution is 2.38. The molecule has 1 fully saturated rings. The fourth-order valence-corrected chi connectivity index (χ4v) is 5.53. The second kappa shape index (κ2) is 9.34. The number of aromatic nitrogens is 4. The largest absolute Gasteiger partial charge is 0.332 e. The zero-order chi connectivity index (χ0) is 22.9. The molecule has 0 atom stereocenters. The predicted molar refractivity (Wildman–Crippen MR) is 133 cm³/mol. The lowest BCUT2D eigenvalue weighted by molar-refractivity contribution is 0.421. The number of halogens is 2. The molecule has 3 heterocycles. The normalized spacial score (nSPS) is 13.9. The van der Waals surface area contributed by atoms with Crippen LogP contribution >= 0.6 is 34.5 Å². The first-order valence-electron chi connectivity index (χ1n) is 11.0. The lowest BCUT2D eigenvalue weighted by Crippen LogP contribution is -2.00. The number of thiophene rings is 1. The van der Waals surface area contributed by atoms with Gasteiger partial charge in [-0.3, -0.25) is 0 Å². The number of aryl methyl sites for hydroxylation is 1. The molecule has 0 saturated heterocycles. The Morgan fingerprint density at radius 1 is 1.18 bits per heavy atom. The van der Waals surface area contributed by atoms with Crippen LogP contribution < -0.4 is 0 Å². The predicted octanol–water partition coefficient (Wildman–Crippen LogP) is 7.37. The van der Waals surface area contributed by atoms with E-state index in [1.807, 2.05) is 24.6 Å². The average molecular weight is 497 g/mol. The topological polar surface area (TPSA) is 56.7 Å². The maximum Gasteiger partial charge on any atom is 0.278 e. The highest BCUT2D eigenvalue weighted by atomic mass is 35.5. The van der Waals surface area contributed by atoms with Crippen molar-refractivity contribution >= 4 is 34.5 Å². The molecule has 0 spiro atoms. The summed E-state index contributed by atoms with van der Waals surface area (Å²) in [6.45, 7) is 4.00. The van der Waals surface area contributed by atoms with Gasteiger partial charge in [-0.05, 0) is 50.1 Å². The van der Waals surface area contributed by atoms with E-state index in [9.17, 15) is 0 Å². The Balaban J connectivity index is 1.62. The maximum absolute atomic E-state index is 6.57. The van der Waals surface area contributed by atoms with E-state index >= 15 is 0 Å². The van der Waals surface area contributed by atoms with Gasteiger partial charge in [0.25, 0.3) is 5.89 Å². The molecule has 0 N–H and O–H groups in total. The van der Waals surface area contributed by atoms with Crippen LogP contribution in [0, 0.1) is 24.7 Å². The molecule has 0 amide bonds. The summed E-state index contributed by atoms with van der Waals surface area (Å²) in [4.78, 5) is 6.58. The molecule has 33 heavy (non-hydrogen) atoms. The Morgan fingerprint density at radius 3 is 2.73 bits per heavy atom. The van der Waals surface area contributed by atoms with Crippen molar-refractivity contribution in [1.82, 2.24) is 19.9 Å². The molecule has 0 radical (unpaired) electrons. The van der Waals surface area contributed by atoms with Crippen LogP contribution in [0.2, 0.25) is 10.0 Å². The molecule has 1 aromatic carbocycles. The SMILES string of the molecule is CCc1noc(-c2nn(-c3ccc(Cl)cc3Cl)c(-c3ccc(C#CC4CCCC4)s3)c2C)n1. The van der Waals surface area contributed by atoms with E-state index in [1.54, 1.807) is 23.5 Å². The van der Waals surface area contributed by atoms with Crippen LogP contribution in [0.25, 0.3) is 27.8 Å². The number of rotatable bonds is 4. The molecule has 5 rings (SSSR count). The second-order valence-corrected chi connectivity index (χ2v) is 10.0. The quantitative estimate of drug-likeness (QED) is 0.276. The summed E-state index contributed by atoms with van der Waals surface area (Å²) in [7, 11) is 0. The summed E-state index contributed by atoms with van der Waals surface area (Å²) in [5.41, 5.74) is 3.22. The van der Waals surface area contributed by atoms with Gasteiger partial charge in [0.1, 0.15) is 0 Å². The monoisotopic (exact) mass is 496 g/mol. The van der Waals surface area contributed by atoms with Crippen LogP contribution in [0.15, 0.2) is 34.9 Å². The van der Waals surface area contributed by atoms with Gasteiger partial charge in [-0.15, -0.1) is 11.3 Å². The summed E-state index contributed by atoms with van der Waals surface area (Å²) in [6.07, 6.45) is 5.67. The molecular formula is C25H22Cl2N4OS. The maximum atomic E-state index is 6.57. The summed E-state index contributed by atoms with van der Waals surface area (Å²) in [5.74, 6) is 8.39. The van der Waals surface area contributed by atoms with Gasteiger partial charge >= 0.3 is 0 Å². The van der Waals surface area contributed by atoms with E-state index in [0.29, 0.717) is 39.8 Å². The lowest BCUT2D eigenvalue weighted by atomic mass is 10.1. The third-order valence-corrected chi connectivity index (χ3v) is 7.39. The van der Waals surface area contributed by atoms with Crippen molar-refractivity contribution in [3.63, 3.8) is 0 Å². The van der Waals surface area contributed by atoms with Gasteiger partial charge in [0.15, 0.2) is 11.5 Å². The van der Waals surface area contributed by atoms with E-state index in [-0.39, 0.29) is 0 Å². The molecule has 0 unspecified atom stereocenters. The lowest BCUT2D eigenvalue weighted by Gasteiger charge is -2.09. The van der Waals surface area contributed by atoms with Crippen molar-refractivity contribution in [3.05, 3.63) is 56.6 Å². The highest BCUT2D eigenvalue weighted by molar-refractivity contribution is 7.16. The Labute approximate surface area is 206 Å². The van der Waals surface area contributed by atoms with Crippen molar-refractivity contribution in [2.45, 2.75) is 46.0 Å². The number of nitrogens with zero attached hydrogens (tertiary/aromatic N) is 4. The van der Waals surface area contributed by atoms with Gasteiger partial charge in [-0.1, -0.05) is 60.0 Å². The van der Waals surface area contributed by atoms with Crippen LogP contribution in [-0.2, 0) is 6.42 Å². The Bertz CT molecular complexity index is 1370. The molecule has 1 aliphatic carbocycles. The van der Waals surface area contributed by atoms with Crippen molar-refractivity contribution in [1.29, 1.82) is 0 Å². The number of hydrogen-bond acceptors (Lipinski definition) is 5. The van der Waals surface area contributed by atoms with Crippen molar-refractivity contribution < 1.29 is 4.52 Å². The van der Waals surface area contributed by atoms with Crippen LogP contribution in [0.5, 0.6) is 0 Å². The fraction of sp³-hybridized carbons (Fsp3) is 0.320. The van der Waals surface area contributed by atoms with Crippen LogP contribution in [0.3, 0.4) is 0 Å². The molecule has 4 aromatic rings. The summed E-state index contributed by atoms with van der Waals surface area (Å²) in [6, 6.07) is 9.54. The van der Waals surface area contributed by atoms with E-state index < -0.39 is 0 Å². The molecule has 0 bridgehead atoms. The van der Waals surface area contributed by atoms with Crippen molar-refractivity contribution in [3.8, 4) is 39.7 Å². The Kier molecular flexibility index (Phi) is 6.29. The van der Waals surface area contributed by atoms with E-state index in [0.717, 1.165) is 26.7 Å². The smallest absolute Gasteiger partial charge is 0.278 e. The van der Waals surface area contributed by atoms with Gasteiger partial charge in [-0.25, -0.2) is 4.68 Å². The van der Waals surface area contributed by atoms with Gasteiger partial charge in [0.2, 0.25) is 0 Å². The molecular weight excluding hydrogens is 475 g/mol. The summed E-state index contributed by atoms with van der Waals surface area (Å²) >= 11 is 14.4. The van der Waals surface area contributed by atoms with E-state index in [2.05, 4.69) is 34.1 Å². The van der Waals surface area contributed by atoms with Gasteiger partial charge in [0, 0.05) is 22.9 Å². The van der Waals surface area contributed by atoms with E-state index in [1.165, 1.54) is 25.7 Å². The molecule has 8 heteroatoms. The third kappa shape index (κ3) is 4.46. The minimum Gasteiger partial charge on any atom is -0.332 e. The van der Waals surface area contributed by atoms with Crippen molar-refractivity contribution in [2.75, 3.05) is 0 Å². The van der Waals surface area contributed by atoms with E-state index in [4.69, 9.17) is 32.8 Å². The first-order valence-corrected chi connectivity index (χ1v) is 12.6. The van der Waals surface area contributed by atoms with Crippen LogP contribution in [-0.4, -0.2) is 19.9 Å². The third-order valence-electron chi connectivity index (χ3n) is 5.84. The summed E-state index contributed by atoms with van der Waals surface area (Å²) in [5, 5.41) is 9.96. The van der Waals surface area contributed by atoms with Gasteiger partial charge < -0.3 is 4.52 Å². The standard InChI is InChI=1S/C25H22Cl2N4OS/c1-3-22-28-25(32-30-22)23-15(2)24(31(29-23)20-12-9-17(26)14-19(20)27)21-13-11-18(33-21)10-8-16-6-4-5-7-16/h9,11-14,16H,3-7H2,1-2H3. The number of hydrogen-bond donors (Lipinski definition) is 0. The van der Waals surface area contributed by atoms with Crippen molar-refractivity contribution in [2.24, 2.45) is 5.92 Å². The molecule has 1 saturated carbocycles. The molecule has 168 valence electrons. The minimum atomic E-state index is 0.396. The zero-order valence-corrected chi connectivity index (χ0v) is 20.7. The first-order chi connectivity index (χ1) is 16.0. The summed E-state index contributed by atoms with van der Waals surface area (Å²) < 4.78 is 7.34. The molecule has 0 aliphatic heterocycles. The highest BCUT2D eigenvalue weighted by Gasteiger charge is 2.24. The minimum absolute atomic E-state index is 0.396. The van der Waals surface area contributed by atoms with Crippen LogP contribution in [0.1, 0.15) is 48.9 Å². The molecule has 1 aliphatic rings. The van der Waals surface area contributed by atoms with Gasteiger partial charge in [0.05, 0.1) is 26.2 Å². The fourth-order valence-electron chi connectivity index (χ4n) is 4.09. The zero-order valence-electron chi connectivity index (χ0n) is 18.4. The van der Waals surface area contributed by atoms with Crippen LogP contribution in [0.4, 0.5) is 0 Å². The second-order valence-electron chi connectivity index (χ2n) is 8.11. The average Bonchev–Trinajstić information content (AvgIpc) is 3.59. The first kappa shape index (κ1) is 22.2. The molecule has 5 nitrogen and oxygen atoms in total.